The Bertz CT molecular complexity index is 558. The van der Waals surface area contributed by atoms with Crippen LogP contribution in [0.25, 0.3) is 0 Å². The van der Waals surface area contributed by atoms with Crippen molar-refractivity contribution in [2.75, 3.05) is 5.32 Å². The number of rotatable bonds is 4. The Balaban J connectivity index is 1.96. The van der Waals surface area contributed by atoms with E-state index in [2.05, 4.69) is 32.3 Å². The molecule has 90 valence electrons. The molecule has 0 atom stereocenters. The van der Waals surface area contributed by atoms with Gasteiger partial charge in [-0.2, -0.15) is 5.26 Å². The summed E-state index contributed by atoms with van der Waals surface area (Å²) in [5.41, 5.74) is 3.03. The summed E-state index contributed by atoms with van der Waals surface area (Å²) in [6, 6.07) is 15.8. The fourth-order valence-electron chi connectivity index (χ4n) is 1.57. The number of halogens is 1. The molecule has 4 heteroatoms. The van der Waals surface area contributed by atoms with Gasteiger partial charge in [0.1, 0.15) is 4.60 Å². The summed E-state index contributed by atoms with van der Waals surface area (Å²) in [5.74, 6) is 0. The van der Waals surface area contributed by atoms with Crippen molar-refractivity contribution >= 4 is 21.6 Å². The number of aromatic nitrogens is 1. The molecular formula is C14H12BrN3. The van der Waals surface area contributed by atoms with Gasteiger partial charge in [0, 0.05) is 5.69 Å². The minimum Gasteiger partial charge on any atom is -0.379 e. The largest absolute Gasteiger partial charge is 0.379 e. The first-order valence-electron chi connectivity index (χ1n) is 5.59. The van der Waals surface area contributed by atoms with E-state index in [1.54, 1.807) is 0 Å². The minimum atomic E-state index is 0.452. The number of hydrogen-bond donors (Lipinski definition) is 1. The van der Waals surface area contributed by atoms with Crippen LogP contribution in [0.3, 0.4) is 0 Å². The molecule has 1 N–H and O–H groups in total. The third-order valence-electron chi connectivity index (χ3n) is 2.48. The summed E-state index contributed by atoms with van der Waals surface area (Å²) in [5, 5.41) is 11.9. The van der Waals surface area contributed by atoms with Crippen LogP contribution in [0.2, 0.25) is 0 Å². The lowest BCUT2D eigenvalue weighted by Gasteiger charge is -2.06. The fourth-order valence-corrected chi connectivity index (χ4v) is 1.95. The maximum absolute atomic E-state index is 8.59. The second kappa shape index (κ2) is 6.18. The third kappa shape index (κ3) is 3.57. The standard InChI is InChI=1S/C14H12BrN3/c15-14-3-1-2-13(18-14)10-17-12-6-4-11(5-7-12)8-9-16/h1-7,17H,8,10H2. The molecule has 1 aromatic heterocycles. The number of benzene rings is 1. The van der Waals surface area contributed by atoms with Crippen molar-refractivity contribution in [2.45, 2.75) is 13.0 Å². The molecule has 0 amide bonds. The van der Waals surface area contributed by atoms with Gasteiger partial charge in [0.2, 0.25) is 0 Å². The monoisotopic (exact) mass is 301 g/mol. The van der Waals surface area contributed by atoms with Crippen LogP contribution in [0.15, 0.2) is 47.1 Å². The van der Waals surface area contributed by atoms with Gasteiger partial charge in [-0.3, -0.25) is 0 Å². The van der Waals surface area contributed by atoms with E-state index in [0.29, 0.717) is 13.0 Å². The predicted molar refractivity (Wildman–Crippen MR) is 75.0 cm³/mol. The van der Waals surface area contributed by atoms with E-state index in [9.17, 15) is 0 Å². The normalized spacial score (nSPS) is 9.78. The molecule has 0 saturated carbocycles. The van der Waals surface area contributed by atoms with Crippen molar-refractivity contribution in [3.63, 3.8) is 0 Å². The van der Waals surface area contributed by atoms with Crippen LogP contribution in [0.1, 0.15) is 11.3 Å². The summed E-state index contributed by atoms with van der Waals surface area (Å²) in [6.07, 6.45) is 0.452. The summed E-state index contributed by atoms with van der Waals surface area (Å²) in [4.78, 5) is 4.35. The summed E-state index contributed by atoms with van der Waals surface area (Å²) in [6.45, 7) is 0.678. The maximum Gasteiger partial charge on any atom is 0.106 e. The van der Waals surface area contributed by atoms with Gasteiger partial charge in [-0.1, -0.05) is 18.2 Å². The van der Waals surface area contributed by atoms with Gasteiger partial charge in [-0.25, -0.2) is 4.98 Å². The first-order valence-corrected chi connectivity index (χ1v) is 6.38. The van der Waals surface area contributed by atoms with Crippen molar-refractivity contribution in [3.05, 3.63) is 58.3 Å². The van der Waals surface area contributed by atoms with Crippen LogP contribution in [0.5, 0.6) is 0 Å². The first-order chi connectivity index (χ1) is 8.78. The molecule has 0 aliphatic heterocycles. The molecule has 0 saturated heterocycles. The van der Waals surface area contributed by atoms with Crippen molar-refractivity contribution in [1.29, 1.82) is 5.26 Å². The Kier molecular flexibility index (Phi) is 4.32. The number of hydrogen-bond acceptors (Lipinski definition) is 3. The van der Waals surface area contributed by atoms with Crippen molar-refractivity contribution in [2.24, 2.45) is 0 Å². The molecule has 0 aliphatic carbocycles. The Labute approximate surface area is 115 Å². The van der Waals surface area contributed by atoms with E-state index < -0.39 is 0 Å². The molecule has 0 bridgehead atoms. The summed E-state index contributed by atoms with van der Waals surface area (Å²) >= 11 is 3.35. The van der Waals surface area contributed by atoms with Crippen LogP contribution in [0, 0.1) is 11.3 Å². The Morgan fingerprint density at radius 2 is 1.94 bits per heavy atom. The molecule has 0 spiro atoms. The van der Waals surface area contributed by atoms with Crippen molar-refractivity contribution in [3.8, 4) is 6.07 Å². The molecule has 2 aromatic rings. The second-order valence-corrected chi connectivity index (χ2v) is 4.65. The van der Waals surface area contributed by atoms with Crippen molar-refractivity contribution in [1.82, 2.24) is 4.98 Å². The van der Waals surface area contributed by atoms with E-state index in [-0.39, 0.29) is 0 Å². The molecular weight excluding hydrogens is 290 g/mol. The average molecular weight is 302 g/mol. The Morgan fingerprint density at radius 1 is 1.17 bits per heavy atom. The SMILES string of the molecule is N#CCc1ccc(NCc2cccc(Br)n2)cc1. The number of nitrogens with one attached hydrogen (secondary N) is 1. The van der Waals surface area contributed by atoms with Crippen LogP contribution >= 0.6 is 15.9 Å². The highest BCUT2D eigenvalue weighted by atomic mass is 79.9. The van der Waals surface area contributed by atoms with Gasteiger partial charge in [0.15, 0.2) is 0 Å². The predicted octanol–water partition coefficient (Wildman–Crippen LogP) is 3.52. The number of nitrogens with zero attached hydrogens (tertiary/aromatic N) is 2. The van der Waals surface area contributed by atoms with E-state index in [1.807, 2.05) is 42.5 Å². The fraction of sp³-hybridized carbons (Fsp3) is 0.143. The Morgan fingerprint density at radius 3 is 2.61 bits per heavy atom. The molecule has 18 heavy (non-hydrogen) atoms. The summed E-state index contributed by atoms with van der Waals surface area (Å²) in [7, 11) is 0. The smallest absolute Gasteiger partial charge is 0.106 e. The average Bonchev–Trinajstić information content (AvgIpc) is 2.38. The molecule has 0 aliphatic rings. The zero-order chi connectivity index (χ0) is 12.8. The van der Waals surface area contributed by atoms with Crippen LogP contribution in [-0.2, 0) is 13.0 Å². The number of anilines is 1. The summed E-state index contributed by atoms with van der Waals surface area (Å²) < 4.78 is 0.839. The van der Waals surface area contributed by atoms with Gasteiger partial charge in [-0.05, 0) is 45.8 Å². The molecule has 0 unspecified atom stereocenters. The molecule has 3 nitrogen and oxygen atoms in total. The van der Waals surface area contributed by atoms with Gasteiger partial charge >= 0.3 is 0 Å². The highest BCUT2D eigenvalue weighted by molar-refractivity contribution is 9.10. The molecule has 0 radical (unpaired) electrons. The Hall–Kier alpha value is -1.86. The van der Waals surface area contributed by atoms with Gasteiger partial charge in [0.05, 0.1) is 24.7 Å². The topological polar surface area (TPSA) is 48.7 Å². The lowest BCUT2D eigenvalue weighted by Crippen LogP contribution is -2.01. The second-order valence-electron chi connectivity index (χ2n) is 3.84. The van der Waals surface area contributed by atoms with E-state index in [0.717, 1.165) is 21.5 Å². The molecule has 1 heterocycles. The first kappa shape index (κ1) is 12.6. The van der Waals surface area contributed by atoms with Gasteiger partial charge < -0.3 is 5.32 Å². The van der Waals surface area contributed by atoms with E-state index >= 15 is 0 Å². The van der Waals surface area contributed by atoms with E-state index in [4.69, 9.17) is 5.26 Å². The van der Waals surface area contributed by atoms with Crippen LogP contribution < -0.4 is 5.32 Å². The zero-order valence-electron chi connectivity index (χ0n) is 9.73. The lowest BCUT2D eigenvalue weighted by molar-refractivity contribution is 1.03. The molecule has 0 fully saturated rings. The van der Waals surface area contributed by atoms with Crippen LogP contribution in [0.4, 0.5) is 5.69 Å². The highest BCUT2D eigenvalue weighted by Gasteiger charge is 1.97. The molecule has 2 rings (SSSR count). The highest BCUT2D eigenvalue weighted by Crippen LogP contribution is 2.12. The zero-order valence-corrected chi connectivity index (χ0v) is 11.3. The number of pyridine rings is 1. The quantitative estimate of drug-likeness (QED) is 0.879. The number of nitriles is 1. The minimum absolute atomic E-state index is 0.452. The van der Waals surface area contributed by atoms with E-state index in [1.165, 1.54) is 0 Å². The van der Waals surface area contributed by atoms with Crippen molar-refractivity contribution < 1.29 is 0 Å². The van der Waals surface area contributed by atoms with Crippen LogP contribution in [-0.4, -0.2) is 4.98 Å². The lowest BCUT2D eigenvalue weighted by atomic mass is 10.1. The molecule has 1 aromatic carbocycles. The van der Waals surface area contributed by atoms with Gasteiger partial charge in [0.25, 0.3) is 0 Å². The maximum atomic E-state index is 8.59. The third-order valence-corrected chi connectivity index (χ3v) is 2.93. The van der Waals surface area contributed by atoms with Gasteiger partial charge in [-0.15, -0.1) is 0 Å².